The SMILES string of the molecule is CC(=O)Nc1nnc(S(=O)(=O)N(C)C(C)(C)CN)s1. The molecule has 1 amide bonds. The summed E-state index contributed by atoms with van der Waals surface area (Å²) in [6.07, 6.45) is 0. The minimum absolute atomic E-state index is 0.144. The van der Waals surface area contributed by atoms with E-state index in [-0.39, 0.29) is 21.9 Å². The van der Waals surface area contributed by atoms with E-state index >= 15 is 0 Å². The second-order valence-corrected chi connectivity index (χ2v) is 7.66. The molecule has 0 saturated heterocycles. The number of carbonyl (C=O) groups is 1. The van der Waals surface area contributed by atoms with Crippen LogP contribution in [0.15, 0.2) is 4.34 Å². The number of anilines is 1. The molecular weight excluding hydrogens is 290 g/mol. The zero-order chi connectivity index (χ0) is 14.8. The lowest BCUT2D eigenvalue weighted by atomic mass is 10.1. The predicted molar refractivity (Wildman–Crippen MR) is 72.3 cm³/mol. The molecule has 0 aromatic carbocycles. The molecule has 108 valence electrons. The fourth-order valence-electron chi connectivity index (χ4n) is 1.09. The highest BCUT2D eigenvalue weighted by Gasteiger charge is 2.35. The van der Waals surface area contributed by atoms with E-state index in [1.807, 2.05) is 0 Å². The Morgan fingerprint density at radius 3 is 2.53 bits per heavy atom. The summed E-state index contributed by atoms with van der Waals surface area (Å²) in [6, 6.07) is 0. The van der Waals surface area contributed by atoms with E-state index in [0.717, 1.165) is 15.6 Å². The summed E-state index contributed by atoms with van der Waals surface area (Å²) < 4.78 is 25.6. The number of rotatable bonds is 5. The third-order valence-corrected chi connectivity index (χ3v) is 5.88. The lowest BCUT2D eigenvalue weighted by Gasteiger charge is -2.32. The molecule has 1 aromatic heterocycles. The topological polar surface area (TPSA) is 118 Å². The molecule has 0 aliphatic heterocycles. The zero-order valence-corrected chi connectivity index (χ0v) is 12.8. The lowest BCUT2D eigenvalue weighted by molar-refractivity contribution is -0.114. The van der Waals surface area contributed by atoms with Gasteiger partial charge in [-0.3, -0.25) is 4.79 Å². The molecule has 0 aliphatic carbocycles. The molecule has 0 unspecified atom stereocenters. The Morgan fingerprint density at radius 2 is 2.05 bits per heavy atom. The molecule has 8 nitrogen and oxygen atoms in total. The molecule has 1 rings (SSSR count). The van der Waals surface area contributed by atoms with Gasteiger partial charge in [-0.05, 0) is 13.8 Å². The number of amides is 1. The molecule has 0 radical (unpaired) electrons. The van der Waals surface area contributed by atoms with E-state index in [0.29, 0.717) is 0 Å². The predicted octanol–water partition coefficient (Wildman–Crippen LogP) is -0.146. The highest BCUT2D eigenvalue weighted by atomic mass is 32.2. The Balaban J connectivity index is 3.07. The molecule has 1 heterocycles. The van der Waals surface area contributed by atoms with Crippen molar-refractivity contribution in [1.29, 1.82) is 0 Å². The first-order chi connectivity index (χ1) is 8.61. The van der Waals surface area contributed by atoms with Gasteiger partial charge >= 0.3 is 0 Å². The number of nitrogens with one attached hydrogen (secondary N) is 1. The van der Waals surface area contributed by atoms with Crippen molar-refractivity contribution in [3.05, 3.63) is 0 Å². The Bertz CT molecular complexity index is 566. The van der Waals surface area contributed by atoms with Crippen molar-refractivity contribution < 1.29 is 13.2 Å². The normalized spacial score (nSPS) is 12.7. The molecule has 0 bridgehead atoms. The van der Waals surface area contributed by atoms with E-state index in [1.165, 1.54) is 14.0 Å². The van der Waals surface area contributed by atoms with Gasteiger partial charge in [-0.15, -0.1) is 10.2 Å². The highest BCUT2D eigenvalue weighted by molar-refractivity contribution is 7.91. The first kappa shape index (κ1) is 16.0. The average molecular weight is 307 g/mol. The van der Waals surface area contributed by atoms with Gasteiger partial charge in [-0.1, -0.05) is 11.3 Å². The van der Waals surface area contributed by atoms with Crippen LogP contribution < -0.4 is 11.1 Å². The molecular formula is C9H17N5O3S2. The maximum absolute atomic E-state index is 12.3. The number of sulfonamides is 1. The van der Waals surface area contributed by atoms with Gasteiger partial charge in [0.25, 0.3) is 10.0 Å². The van der Waals surface area contributed by atoms with Crippen LogP contribution in [0, 0.1) is 0 Å². The van der Waals surface area contributed by atoms with Crippen LogP contribution in [-0.4, -0.2) is 48.0 Å². The van der Waals surface area contributed by atoms with Crippen molar-refractivity contribution in [2.24, 2.45) is 5.73 Å². The van der Waals surface area contributed by atoms with Crippen molar-refractivity contribution in [2.75, 3.05) is 18.9 Å². The molecule has 19 heavy (non-hydrogen) atoms. The Kier molecular flexibility index (Phi) is 4.61. The number of nitrogens with zero attached hydrogens (tertiary/aromatic N) is 3. The Labute approximate surface area is 116 Å². The minimum Gasteiger partial charge on any atom is -0.329 e. The summed E-state index contributed by atoms with van der Waals surface area (Å²) in [7, 11) is -2.34. The van der Waals surface area contributed by atoms with Crippen LogP contribution in [0.25, 0.3) is 0 Å². The number of hydrogen-bond acceptors (Lipinski definition) is 7. The summed E-state index contributed by atoms with van der Waals surface area (Å²) in [4.78, 5) is 10.9. The van der Waals surface area contributed by atoms with E-state index in [9.17, 15) is 13.2 Å². The molecule has 1 aromatic rings. The van der Waals surface area contributed by atoms with Crippen LogP contribution in [-0.2, 0) is 14.8 Å². The highest BCUT2D eigenvalue weighted by Crippen LogP contribution is 2.26. The standard InChI is InChI=1S/C9H17N5O3S2/c1-6(15)11-7-12-13-8(18-7)19(16,17)14(4)9(2,3)5-10/h5,10H2,1-4H3,(H,11,12,15). The second kappa shape index (κ2) is 5.49. The molecule has 0 aliphatic rings. The number of likely N-dealkylation sites (N-methyl/N-ethyl adjacent to an activating group) is 1. The van der Waals surface area contributed by atoms with Crippen molar-refractivity contribution in [1.82, 2.24) is 14.5 Å². The molecule has 10 heteroatoms. The van der Waals surface area contributed by atoms with Crippen molar-refractivity contribution in [3.63, 3.8) is 0 Å². The van der Waals surface area contributed by atoms with E-state index < -0.39 is 15.6 Å². The zero-order valence-electron chi connectivity index (χ0n) is 11.2. The summed E-state index contributed by atoms with van der Waals surface area (Å²) >= 11 is 0.798. The van der Waals surface area contributed by atoms with E-state index in [1.54, 1.807) is 13.8 Å². The van der Waals surface area contributed by atoms with Crippen molar-refractivity contribution in [2.45, 2.75) is 30.6 Å². The Morgan fingerprint density at radius 1 is 1.47 bits per heavy atom. The van der Waals surface area contributed by atoms with Gasteiger partial charge in [0.1, 0.15) is 0 Å². The third kappa shape index (κ3) is 3.47. The van der Waals surface area contributed by atoms with Gasteiger partial charge in [0.2, 0.25) is 15.4 Å². The van der Waals surface area contributed by atoms with Gasteiger partial charge in [0.15, 0.2) is 0 Å². The number of aromatic nitrogens is 2. The quantitative estimate of drug-likeness (QED) is 0.731. The fraction of sp³-hybridized carbons (Fsp3) is 0.667. The van der Waals surface area contributed by atoms with Crippen LogP contribution in [0.3, 0.4) is 0 Å². The van der Waals surface area contributed by atoms with Crippen LogP contribution in [0.2, 0.25) is 0 Å². The molecule has 3 N–H and O–H groups in total. The summed E-state index contributed by atoms with van der Waals surface area (Å²) in [5, 5.41) is 9.74. The maximum atomic E-state index is 12.3. The van der Waals surface area contributed by atoms with Crippen molar-refractivity contribution in [3.8, 4) is 0 Å². The Hall–Kier alpha value is -1.10. The maximum Gasteiger partial charge on any atom is 0.272 e. The summed E-state index contributed by atoms with van der Waals surface area (Å²) in [5.41, 5.74) is 4.82. The molecule has 0 spiro atoms. The molecule has 0 fully saturated rings. The van der Waals surface area contributed by atoms with Gasteiger partial charge in [-0.25, -0.2) is 8.42 Å². The first-order valence-corrected chi connectivity index (χ1v) is 7.67. The molecule has 0 atom stereocenters. The number of hydrogen-bond donors (Lipinski definition) is 2. The van der Waals surface area contributed by atoms with Gasteiger partial charge in [0, 0.05) is 26.1 Å². The smallest absolute Gasteiger partial charge is 0.272 e. The third-order valence-electron chi connectivity index (χ3n) is 2.62. The van der Waals surface area contributed by atoms with Crippen LogP contribution in [0.1, 0.15) is 20.8 Å². The summed E-state index contributed by atoms with van der Waals surface area (Å²) in [6.45, 7) is 4.89. The first-order valence-electron chi connectivity index (χ1n) is 5.41. The van der Waals surface area contributed by atoms with Crippen LogP contribution >= 0.6 is 11.3 Å². The second-order valence-electron chi connectivity index (χ2n) is 4.54. The summed E-state index contributed by atoms with van der Waals surface area (Å²) in [5.74, 6) is -0.337. The largest absolute Gasteiger partial charge is 0.329 e. The van der Waals surface area contributed by atoms with E-state index in [4.69, 9.17) is 5.73 Å². The van der Waals surface area contributed by atoms with Gasteiger partial charge < -0.3 is 11.1 Å². The molecule has 0 saturated carbocycles. The minimum atomic E-state index is -3.78. The van der Waals surface area contributed by atoms with Crippen LogP contribution in [0.5, 0.6) is 0 Å². The number of carbonyl (C=O) groups excluding carboxylic acids is 1. The lowest BCUT2D eigenvalue weighted by Crippen LogP contribution is -2.49. The van der Waals surface area contributed by atoms with E-state index in [2.05, 4.69) is 15.5 Å². The van der Waals surface area contributed by atoms with Gasteiger partial charge in [-0.2, -0.15) is 4.31 Å². The average Bonchev–Trinajstić information content (AvgIpc) is 2.76. The van der Waals surface area contributed by atoms with Gasteiger partial charge in [0.05, 0.1) is 0 Å². The van der Waals surface area contributed by atoms with Crippen LogP contribution in [0.4, 0.5) is 5.13 Å². The fourth-order valence-corrected chi connectivity index (χ4v) is 3.71. The monoisotopic (exact) mass is 307 g/mol. The van der Waals surface area contributed by atoms with Crippen molar-refractivity contribution >= 4 is 32.4 Å². The number of nitrogens with two attached hydrogens (primary N) is 1.